The van der Waals surface area contributed by atoms with Gasteiger partial charge in [0.1, 0.15) is 11.9 Å². The van der Waals surface area contributed by atoms with E-state index in [1.54, 1.807) is 21.7 Å². The van der Waals surface area contributed by atoms with Crippen LogP contribution in [0.4, 0.5) is 4.39 Å². The predicted molar refractivity (Wildman–Crippen MR) is 91.8 cm³/mol. The van der Waals surface area contributed by atoms with Crippen molar-refractivity contribution in [2.75, 3.05) is 13.1 Å². The molecule has 2 N–H and O–H groups in total. The number of carbonyl (C=O) groups is 2. The topological polar surface area (TPSA) is 103 Å². The van der Waals surface area contributed by atoms with Gasteiger partial charge in [0.2, 0.25) is 5.91 Å². The maximum absolute atomic E-state index is 13.1. The molecule has 2 aliphatic heterocycles. The molecule has 4 rings (SSSR count). The molecule has 27 heavy (non-hydrogen) atoms. The lowest BCUT2D eigenvalue weighted by atomic mass is 9.96. The summed E-state index contributed by atoms with van der Waals surface area (Å²) in [7, 11) is 0. The highest BCUT2D eigenvalue weighted by Crippen LogP contribution is 2.28. The number of primary amides is 1. The van der Waals surface area contributed by atoms with Gasteiger partial charge in [-0.1, -0.05) is 17.3 Å². The summed E-state index contributed by atoms with van der Waals surface area (Å²) in [6.07, 6.45) is 0.857. The Bertz CT molecular complexity index is 858. The number of amides is 2. The first-order valence-electron chi connectivity index (χ1n) is 8.91. The Morgan fingerprint density at radius 2 is 1.89 bits per heavy atom. The molecule has 0 spiro atoms. The average Bonchev–Trinajstić information content (AvgIpc) is 3.11. The van der Waals surface area contributed by atoms with Gasteiger partial charge in [-0.05, 0) is 30.5 Å². The van der Waals surface area contributed by atoms with Crippen LogP contribution < -0.4 is 5.73 Å². The van der Waals surface area contributed by atoms with E-state index in [1.165, 1.54) is 12.1 Å². The maximum atomic E-state index is 13.1. The Morgan fingerprint density at radius 1 is 1.19 bits per heavy atom. The quantitative estimate of drug-likeness (QED) is 0.865. The first-order chi connectivity index (χ1) is 13.0. The Balaban J connectivity index is 1.46. The number of aromatic nitrogens is 3. The largest absolute Gasteiger partial charge is 0.369 e. The molecule has 1 aromatic carbocycles. The lowest BCUT2D eigenvalue weighted by Gasteiger charge is -2.30. The van der Waals surface area contributed by atoms with Gasteiger partial charge >= 0.3 is 0 Å². The van der Waals surface area contributed by atoms with E-state index in [0.29, 0.717) is 38.2 Å². The zero-order valence-corrected chi connectivity index (χ0v) is 14.7. The van der Waals surface area contributed by atoms with Gasteiger partial charge in [0, 0.05) is 19.0 Å². The Labute approximate surface area is 155 Å². The van der Waals surface area contributed by atoms with E-state index < -0.39 is 0 Å². The molecule has 0 bridgehead atoms. The molecule has 9 heteroatoms. The normalized spacial score (nSPS) is 20.3. The van der Waals surface area contributed by atoms with Crippen LogP contribution in [0.5, 0.6) is 0 Å². The minimum absolute atomic E-state index is 0.178. The average molecular weight is 373 g/mol. The molecule has 0 unspecified atom stereocenters. The van der Waals surface area contributed by atoms with E-state index in [0.717, 1.165) is 5.56 Å². The molecule has 2 aliphatic rings. The number of nitrogens with two attached hydrogens (primary N) is 1. The molecular formula is C18H20FN5O3. The number of ether oxygens (including phenoxy) is 1. The van der Waals surface area contributed by atoms with Gasteiger partial charge < -0.3 is 15.4 Å². The highest BCUT2D eigenvalue weighted by Gasteiger charge is 2.32. The van der Waals surface area contributed by atoms with Crippen molar-refractivity contribution in [2.24, 2.45) is 11.7 Å². The van der Waals surface area contributed by atoms with Crippen LogP contribution in [-0.4, -0.2) is 44.8 Å². The van der Waals surface area contributed by atoms with Crippen LogP contribution in [0.3, 0.4) is 0 Å². The molecule has 8 nitrogen and oxygen atoms in total. The summed E-state index contributed by atoms with van der Waals surface area (Å²) in [5.41, 5.74) is 7.10. The number of benzene rings is 1. The van der Waals surface area contributed by atoms with Crippen LogP contribution in [0.2, 0.25) is 0 Å². The minimum atomic E-state index is -0.316. The second-order valence-electron chi connectivity index (χ2n) is 6.89. The summed E-state index contributed by atoms with van der Waals surface area (Å²) >= 11 is 0. The van der Waals surface area contributed by atoms with Crippen LogP contribution in [0.15, 0.2) is 24.3 Å². The van der Waals surface area contributed by atoms with Crippen molar-refractivity contribution in [3.63, 3.8) is 0 Å². The van der Waals surface area contributed by atoms with E-state index in [9.17, 15) is 14.0 Å². The van der Waals surface area contributed by atoms with Crippen molar-refractivity contribution in [3.05, 3.63) is 47.0 Å². The number of likely N-dealkylation sites (tertiary alicyclic amines) is 1. The first kappa shape index (κ1) is 17.6. The van der Waals surface area contributed by atoms with Crippen molar-refractivity contribution in [1.29, 1.82) is 0 Å². The summed E-state index contributed by atoms with van der Waals surface area (Å²) in [5, 5.41) is 8.16. The molecule has 142 valence electrons. The third kappa shape index (κ3) is 3.42. The molecule has 0 saturated carbocycles. The van der Waals surface area contributed by atoms with Gasteiger partial charge in [-0.25, -0.2) is 9.07 Å². The Hall–Kier alpha value is -2.81. The van der Waals surface area contributed by atoms with Crippen molar-refractivity contribution in [1.82, 2.24) is 19.9 Å². The second-order valence-corrected chi connectivity index (χ2v) is 6.89. The van der Waals surface area contributed by atoms with Crippen molar-refractivity contribution in [3.8, 4) is 0 Å². The third-order valence-electron chi connectivity index (χ3n) is 5.23. The van der Waals surface area contributed by atoms with Crippen LogP contribution >= 0.6 is 0 Å². The van der Waals surface area contributed by atoms with Crippen LogP contribution in [0.1, 0.15) is 40.7 Å². The molecular weight excluding hydrogens is 353 g/mol. The SMILES string of the molecule is NC(=O)C1CCN(C(=O)c2nnn3c2CO[C@@H](c2ccc(F)cc2)C3)CC1. The molecule has 1 atom stereocenters. The number of carbonyl (C=O) groups excluding carboxylic acids is 2. The molecule has 1 saturated heterocycles. The summed E-state index contributed by atoms with van der Waals surface area (Å²) in [5.74, 6) is -1.00. The zero-order valence-electron chi connectivity index (χ0n) is 14.7. The highest BCUT2D eigenvalue weighted by molar-refractivity contribution is 5.93. The number of hydrogen-bond donors (Lipinski definition) is 1. The standard InChI is InChI=1S/C18H20FN5O3/c19-13-3-1-11(2-4-13)15-9-24-14(10-27-15)16(21-22-24)18(26)23-7-5-12(6-8-23)17(20)25/h1-4,12,15H,5-10H2,(H2,20,25)/t15-/m1/s1. The smallest absolute Gasteiger partial charge is 0.276 e. The molecule has 2 amide bonds. The van der Waals surface area contributed by atoms with Crippen molar-refractivity contribution < 1.29 is 18.7 Å². The number of hydrogen-bond acceptors (Lipinski definition) is 5. The predicted octanol–water partition coefficient (Wildman–Crippen LogP) is 1.03. The van der Waals surface area contributed by atoms with E-state index in [1.807, 2.05) is 0 Å². The van der Waals surface area contributed by atoms with E-state index in [-0.39, 0.29) is 42.0 Å². The molecule has 2 aromatic rings. The van der Waals surface area contributed by atoms with Gasteiger partial charge in [0.05, 0.1) is 18.8 Å². The van der Waals surface area contributed by atoms with Gasteiger partial charge in [0.25, 0.3) is 5.91 Å². The summed E-state index contributed by atoms with van der Waals surface area (Å²) in [4.78, 5) is 25.7. The first-order valence-corrected chi connectivity index (χ1v) is 8.91. The summed E-state index contributed by atoms with van der Waals surface area (Å²) in [6, 6.07) is 6.13. The fraction of sp³-hybridized carbons (Fsp3) is 0.444. The Morgan fingerprint density at radius 3 is 2.56 bits per heavy atom. The van der Waals surface area contributed by atoms with Crippen molar-refractivity contribution >= 4 is 11.8 Å². The lowest BCUT2D eigenvalue weighted by Crippen LogP contribution is -2.42. The molecule has 0 radical (unpaired) electrons. The van der Waals surface area contributed by atoms with Crippen LogP contribution in [0, 0.1) is 11.7 Å². The van der Waals surface area contributed by atoms with Gasteiger partial charge in [0.15, 0.2) is 5.69 Å². The van der Waals surface area contributed by atoms with Gasteiger partial charge in [-0.2, -0.15) is 0 Å². The number of fused-ring (bicyclic) bond motifs is 1. The third-order valence-corrected chi connectivity index (χ3v) is 5.23. The van der Waals surface area contributed by atoms with Gasteiger partial charge in [-0.3, -0.25) is 9.59 Å². The summed E-state index contributed by atoms with van der Waals surface area (Å²) < 4.78 is 20.6. The summed E-state index contributed by atoms with van der Waals surface area (Å²) in [6.45, 7) is 1.55. The number of rotatable bonds is 3. The fourth-order valence-corrected chi connectivity index (χ4v) is 3.57. The molecule has 1 fully saturated rings. The van der Waals surface area contributed by atoms with E-state index >= 15 is 0 Å². The Kier molecular flexibility index (Phi) is 4.61. The monoisotopic (exact) mass is 373 g/mol. The fourth-order valence-electron chi connectivity index (χ4n) is 3.57. The van der Waals surface area contributed by atoms with Crippen LogP contribution in [0.25, 0.3) is 0 Å². The second kappa shape index (κ2) is 7.07. The molecule has 0 aliphatic carbocycles. The molecule has 1 aromatic heterocycles. The highest BCUT2D eigenvalue weighted by atomic mass is 19.1. The van der Waals surface area contributed by atoms with E-state index in [4.69, 9.17) is 10.5 Å². The van der Waals surface area contributed by atoms with E-state index in [2.05, 4.69) is 10.3 Å². The zero-order chi connectivity index (χ0) is 19.0. The molecule has 3 heterocycles. The van der Waals surface area contributed by atoms with Crippen molar-refractivity contribution in [2.45, 2.75) is 32.1 Å². The van der Waals surface area contributed by atoms with Crippen LogP contribution in [-0.2, 0) is 22.7 Å². The van der Waals surface area contributed by atoms with Gasteiger partial charge in [-0.15, -0.1) is 5.10 Å². The maximum Gasteiger partial charge on any atom is 0.276 e. The number of nitrogens with zero attached hydrogens (tertiary/aromatic N) is 4. The number of piperidine rings is 1. The number of halogens is 1. The minimum Gasteiger partial charge on any atom is -0.369 e. The lowest BCUT2D eigenvalue weighted by molar-refractivity contribution is -0.123.